The second kappa shape index (κ2) is 6.86. The van der Waals surface area contributed by atoms with Gasteiger partial charge < -0.3 is 20.5 Å². The number of carbonyl (C=O) groups is 1. The molecule has 0 unspecified atom stereocenters. The zero-order chi connectivity index (χ0) is 13.5. The number of ether oxygens (including phenoxy) is 1. The lowest BCUT2D eigenvalue weighted by Gasteiger charge is -2.13. The molecule has 1 rings (SSSR count). The molecular formula is C13H20N2O3. The van der Waals surface area contributed by atoms with E-state index in [1.807, 2.05) is 25.1 Å². The van der Waals surface area contributed by atoms with E-state index in [0.29, 0.717) is 24.5 Å². The molecule has 0 spiro atoms. The molecule has 0 atom stereocenters. The predicted octanol–water partition coefficient (Wildman–Crippen LogP) is 1.23. The summed E-state index contributed by atoms with van der Waals surface area (Å²) in [5.74, 6) is -0.157. The average molecular weight is 252 g/mol. The molecule has 0 heterocycles. The van der Waals surface area contributed by atoms with E-state index >= 15 is 0 Å². The molecule has 5 heteroatoms. The second-order valence-corrected chi connectivity index (χ2v) is 4.42. The number of carboxylic acid groups (broad SMARTS) is 1. The molecule has 1 aromatic carbocycles. The van der Waals surface area contributed by atoms with Gasteiger partial charge in [0.05, 0.1) is 5.69 Å². The Morgan fingerprint density at radius 3 is 2.72 bits per heavy atom. The maximum atomic E-state index is 10.5. The van der Waals surface area contributed by atoms with E-state index in [0.717, 1.165) is 12.1 Å². The largest absolute Gasteiger partial charge is 0.490 e. The van der Waals surface area contributed by atoms with Crippen molar-refractivity contribution in [3.8, 4) is 5.75 Å². The fourth-order valence-corrected chi connectivity index (χ4v) is 1.47. The maximum Gasteiger partial charge on any atom is 0.303 e. The van der Waals surface area contributed by atoms with Crippen LogP contribution in [0.1, 0.15) is 12.0 Å². The van der Waals surface area contributed by atoms with Crippen LogP contribution < -0.4 is 10.5 Å². The molecule has 18 heavy (non-hydrogen) atoms. The van der Waals surface area contributed by atoms with Crippen molar-refractivity contribution in [2.24, 2.45) is 0 Å². The zero-order valence-corrected chi connectivity index (χ0v) is 10.8. The first-order valence-corrected chi connectivity index (χ1v) is 5.87. The van der Waals surface area contributed by atoms with Crippen LogP contribution in [0.25, 0.3) is 0 Å². The van der Waals surface area contributed by atoms with Gasteiger partial charge in [-0.2, -0.15) is 0 Å². The molecule has 0 aliphatic heterocycles. The van der Waals surface area contributed by atoms with Gasteiger partial charge in [-0.25, -0.2) is 0 Å². The molecular weight excluding hydrogens is 232 g/mol. The van der Waals surface area contributed by atoms with E-state index in [-0.39, 0.29) is 6.42 Å². The molecule has 0 aliphatic carbocycles. The normalized spacial score (nSPS) is 10.6. The first-order valence-electron chi connectivity index (χ1n) is 5.87. The summed E-state index contributed by atoms with van der Waals surface area (Å²) in [4.78, 5) is 12.5. The highest BCUT2D eigenvalue weighted by atomic mass is 16.5. The van der Waals surface area contributed by atoms with Gasteiger partial charge in [0.25, 0.3) is 0 Å². The summed E-state index contributed by atoms with van der Waals surface area (Å²) < 4.78 is 5.55. The van der Waals surface area contributed by atoms with E-state index in [4.69, 9.17) is 15.6 Å². The first-order chi connectivity index (χ1) is 8.49. The van der Waals surface area contributed by atoms with Crippen LogP contribution in [-0.2, 0) is 11.2 Å². The van der Waals surface area contributed by atoms with Crippen LogP contribution >= 0.6 is 0 Å². The number of carboxylic acids is 1. The van der Waals surface area contributed by atoms with Gasteiger partial charge in [0.15, 0.2) is 0 Å². The summed E-state index contributed by atoms with van der Waals surface area (Å²) >= 11 is 0. The van der Waals surface area contributed by atoms with Crippen LogP contribution in [0.15, 0.2) is 18.2 Å². The Kier molecular flexibility index (Phi) is 5.45. The number of nitrogen functional groups attached to an aromatic ring is 1. The quantitative estimate of drug-likeness (QED) is 0.714. The molecule has 0 saturated heterocycles. The molecule has 3 N–H and O–H groups in total. The molecule has 0 fully saturated rings. The van der Waals surface area contributed by atoms with E-state index < -0.39 is 5.97 Å². The second-order valence-electron chi connectivity index (χ2n) is 4.42. The SMILES string of the molecule is CN(C)CCOc1ccc(CCC(=O)O)cc1N. The summed E-state index contributed by atoms with van der Waals surface area (Å²) in [5.41, 5.74) is 7.32. The number of hydrogen-bond donors (Lipinski definition) is 2. The number of nitrogens with two attached hydrogens (primary N) is 1. The number of aliphatic carboxylic acids is 1. The molecule has 0 radical (unpaired) electrons. The van der Waals surface area contributed by atoms with Gasteiger partial charge in [-0.05, 0) is 38.2 Å². The van der Waals surface area contributed by atoms with Crippen molar-refractivity contribution in [2.45, 2.75) is 12.8 Å². The monoisotopic (exact) mass is 252 g/mol. The molecule has 0 saturated carbocycles. The molecule has 5 nitrogen and oxygen atoms in total. The molecule has 0 bridgehead atoms. The van der Waals surface area contributed by atoms with Crippen LogP contribution in [0.3, 0.4) is 0 Å². The van der Waals surface area contributed by atoms with Gasteiger partial charge in [0.2, 0.25) is 0 Å². The van der Waals surface area contributed by atoms with Crippen molar-refractivity contribution in [1.29, 1.82) is 0 Å². The van der Waals surface area contributed by atoms with Crippen molar-refractivity contribution in [3.05, 3.63) is 23.8 Å². The summed E-state index contributed by atoms with van der Waals surface area (Å²) in [6.07, 6.45) is 0.595. The third kappa shape index (κ3) is 5.05. The van der Waals surface area contributed by atoms with Gasteiger partial charge in [0, 0.05) is 13.0 Å². The van der Waals surface area contributed by atoms with Gasteiger partial charge in [-0.1, -0.05) is 6.07 Å². The van der Waals surface area contributed by atoms with Crippen molar-refractivity contribution >= 4 is 11.7 Å². The Bertz CT molecular complexity index is 405. The minimum Gasteiger partial charge on any atom is -0.490 e. The number of nitrogens with zero attached hydrogens (tertiary/aromatic N) is 1. The smallest absolute Gasteiger partial charge is 0.303 e. The predicted molar refractivity (Wildman–Crippen MR) is 70.9 cm³/mol. The Hall–Kier alpha value is -1.75. The van der Waals surface area contributed by atoms with Crippen molar-refractivity contribution in [2.75, 3.05) is 33.0 Å². The Morgan fingerprint density at radius 2 is 2.17 bits per heavy atom. The minimum absolute atomic E-state index is 0.111. The Balaban J connectivity index is 2.53. The lowest BCUT2D eigenvalue weighted by atomic mass is 10.1. The van der Waals surface area contributed by atoms with Crippen molar-refractivity contribution < 1.29 is 14.6 Å². The van der Waals surface area contributed by atoms with Crippen molar-refractivity contribution in [3.63, 3.8) is 0 Å². The number of rotatable bonds is 7. The fraction of sp³-hybridized carbons (Fsp3) is 0.462. The van der Waals surface area contributed by atoms with Gasteiger partial charge in [-0.3, -0.25) is 4.79 Å². The maximum absolute atomic E-state index is 10.5. The van der Waals surface area contributed by atoms with Crippen molar-refractivity contribution in [1.82, 2.24) is 4.90 Å². The van der Waals surface area contributed by atoms with Crippen LogP contribution in [0, 0.1) is 0 Å². The van der Waals surface area contributed by atoms with E-state index in [9.17, 15) is 4.79 Å². The lowest BCUT2D eigenvalue weighted by Crippen LogP contribution is -2.19. The number of likely N-dealkylation sites (N-methyl/N-ethyl adjacent to an activating group) is 1. The number of anilines is 1. The Labute approximate surface area is 107 Å². The van der Waals surface area contributed by atoms with Crippen LogP contribution in [-0.4, -0.2) is 43.2 Å². The van der Waals surface area contributed by atoms with E-state index in [1.54, 1.807) is 12.1 Å². The van der Waals surface area contributed by atoms with E-state index in [1.165, 1.54) is 0 Å². The van der Waals surface area contributed by atoms with Crippen LogP contribution in [0.5, 0.6) is 5.75 Å². The number of benzene rings is 1. The Morgan fingerprint density at radius 1 is 1.44 bits per heavy atom. The number of aryl methyl sites for hydroxylation is 1. The van der Waals surface area contributed by atoms with Crippen LogP contribution in [0.4, 0.5) is 5.69 Å². The lowest BCUT2D eigenvalue weighted by molar-refractivity contribution is -0.136. The highest BCUT2D eigenvalue weighted by Crippen LogP contribution is 2.23. The summed E-state index contributed by atoms with van der Waals surface area (Å²) in [6, 6.07) is 5.42. The summed E-state index contributed by atoms with van der Waals surface area (Å²) in [7, 11) is 3.95. The first kappa shape index (κ1) is 14.3. The number of hydrogen-bond acceptors (Lipinski definition) is 4. The highest BCUT2D eigenvalue weighted by molar-refractivity contribution is 5.67. The fourth-order valence-electron chi connectivity index (χ4n) is 1.47. The standard InChI is InChI=1S/C13H20N2O3/c1-15(2)7-8-18-12-5-3-10(9-11(12)14)4-6-13(16)17/h3,5,9H,4,6-8,14H2,1-2H3,(H,16,17). The van der Waals surface area contributed by atoms with Gasteiger partial charge >= 0.3 is 5.97 Å². The molecule has 0 aliphatic rings. The zero-order valence-electron chi connectivity index (χ0n) is 10.8. The average Bonchev–Trinajstić information content (AvgIpc) is 2.28. The highest BCUT2D eigenvalue weighted by Gasteiger charge is 2.04. The summed E-state index contributed by atoms with van der Waals surface area (Å²) in [5, 5.41) is 8.61. The third-order valence-corrected chi connectivity index (χ3v) is 2.50. The van der Waals surface area contributed by atoms with E-state index in [2.05, 4.69) is 0 Å². The van der Waals surface area contributed by atoms with Crippen LogP contribution in [0.2, 0.25) is 0 Å². The van der Waals surface area contributed by atoms with Gasteiger partial charge in [-0.15, -0.1) is 0 Å². The molecule has 0 aromatic heterocycles. The molecule has 100 valence electrons. The van der Waals surface area contributed by atoms with Gasteiger partial charge in [0.1, 0.15) is 12.4 Å². The minimum atomic E-state index is -0.806. The molecule has 1 aromatic rings. The summed E-state index contributed by atoms with van der Waals surface area (Å²) in [6.45, 7) is 1.39. The topological polar surface area (TPSA) is 75.8 Å². The third-order valence-electron chi connectivity index (χ3n) is 2.50. The molecule has 0 amide bonds.